The van der Waals surface area contributed by atoms with Crippen molar-refractivity contribution in [3.63, 3.8) is 0 Å². The molecule has 1 aliphatic heterocycles. The Morgan fingerprint density at radius 3 is 2.57 bits per heavy atom. The van der Waals surface area contributed by atoms with Crippen LogP contribution in [0.15, 0.2) is 110 Å². The smallest absolute Gasteiger partial charge is 0.338 e. The summed E-state index contributed by atoms with van der Waals surface area (Å²) in [4.78, 5) is 32.6. The summed E-state index contributed by atoms with van der Waals surface area (Å²) in [6, 6.07) is 26.9. The molecule has 0 radical (unpaired) electrons. The number of hydrogen-bond donors (Lipinski definition) is 0. The first-order valence-corrected chi connectivity index (χ1v) is 16.7. The first-order valence-electron chi connectivity index (χ1n) is 15.1. The normalized spacial score (nSPS) is 14.7. The summed E-state index contributed by atoms with van der Waals surface area (Å²) in [5.41, 5.74) is 3.17. The highest BCUT2D eigenvalue weighted by Crippen LogP contribution is 2.36. The van der Waals surface area contributed by atoms with E-state index in [0.29, 0.717) is 44.3 Å². The number of nitrogens with zero attached hydrogens (tertiary/aromatic N) is 2. The number of benzene rings is 4. The van der Waals surface area contributed by atoms with Crippen molar-refractivity contribution in [1.82, 2.24) is 4.57 Å². The molecule has 9 heteroatoms. The Bertz CT molecular complexity index is 2160. The molecule has 1 aliphatic rings. The van der Waals surface area contributed by atoms with Gasteiger partial charge in [-0.05, 0) is 89.8 Å². The summed E-state index contributed by atoms with van der Waals surface area (Å²) >= 11 is 4.94. The number of esters is 1. The molecule has 4 aromatic carbocycles. The average molecular weight is 698 g/mol. The summed E-state index contributed by atoms with van der Waals surface area (Å²) in [6.45, 7) is 8.03. The van der Waals surface area contributed by atoms with Crippen LogP contribution in [0.3, 0.4) is 0 Å². The zero-order chi connectivity index (χ0) is 32.4. The number of carbonyl (C=O) groups is 1. The summed E-state index contributed by atoms with van der Waals surface area (Å²) in [5.74, 6) is 0.782. The van der Waals surface area contributed by atoms with Gasteiger partial charge >= 0.3 is 5.97 Å². The van der Waals surface area contributed by atoms with Gasteiger partial charge in [-0.15, -0.1) is 0 Å². The zero-order valence-corrected chi connectivity index (χ0v) is 28.4. The highest BCUT2D eigenvalue weighted by molar-refractivity contribution is 9.10. The molecule has 46 heavy (non-hydrogen) atoms. The molecule has 0 aliphatic carbocycles. The summed E-state index contributed by atoms with van der Waals surface area (Å²) in [6.07, 6.45) is 1.73. The van der Waals surface area contributed by atoms with Crippen LogP contribution < -0.4 is 24.4 Å². The summed E-state index contributed by atoms with van der Waals surface area (Å²) in [5, 5.41) is 2.33. The van der Waals surface area contributed by atoms with Gasteiger partial charge in [0.1, 0.15) is 24.1 Å². The van der Waals surface area contributed by atoms with Crippen LogP contribution in [0.5, 0.6) is 11.5 Å². The molecular weight excluding hydrogens is 664 g/mol. The van der Waals surface area contributed by atoms with Crippen molar-refractivity contribution in [2.45, 2.75) is 46.4 Å². The largest absolute Gasteiger partial charge is 0.491 e. The number of hydrogen-bond acceptors (Lipinski definition) is 7. The van der Waals surface area contributed by atoms with Gasteiger partial charge in [0.15, 0.2) is 4.80 Å². The van der Waals surface area contributed by atoms with Crippen molar-refractivity contribution in [3.05, 3.63) is 137 Å². The third-order valence-corrected chi connectivity index (χ3v) is 9.21. The van der Waals surface area contributed by atoms with Crippen molar-refractivity contribution in [1.29, 1.82) is 0 Å². The van der Waals surface area contributed by atoms with Crippen molar-refractivity contribution in [2.75, 3.05) is 6.61 Å². The highest BCUT2D eigenvalue weighted by atomic mass is 79.9. The molecule has 7 nitrogen and oxygen atoms in total. The maximum absolute atomic E-state index is 14.1. The molecule has 0 spiro atoms. The Balaban J connectivity index is 1.37. The maximum Gasteiger partial charge on any atom is 0.338 e. The Hall–Kier alpha value is -4.47. The fraction of sp³-hybridized carbons (Fsp3) is 0.216. The van der Waals surface area contributed by atoms with E-state index in [0.717, 1.165) is 21.0 Å². The van der Waals surface area contributed by atoms with Gasteiger partial charge in [-0.1, -0.05) is 78.1 Å². The third-order valence-electron chi connectivity index (χ3n) is 7.61. The number of carbonyl (C=O) groups excluding carboxylic acids is 1. The molecule has 0 N–H and O–H groups in total. The first-order chi connectivity index (χ1) is 22.2. The van der Waals surface area contributed by atoms with Gasteiger partial charge in [-0.2, -0.15) is 0 Å². The zero-order valence-electron chi connectivity index (χ0n) is 26.0. The molecule has 1 atom stereocenters. The van der Waals surface area contributed by atoms with Crippen molar-refractivity contribution in [3.8, 4) is 11.5 Å². The van der Waals surface area contributed by atoms with Crippen LogP contribution in [0.1, 0.15) is 50.4 Å². The fourth-order valence-electron chi connectivity index (χ4n) is 5.60. The van der Waals surface area contributed by atoms with Gasteiger partial charge < -0.3 is 14.2 Å². The quantitative estimate of drug-likeness (QED) is 0.154. The van der Waals surface area contributed by atoms with Crippen LogP contribution in [-0.4, -0.2) is 23.2 Å². The molecule has 0 saturated carbocycles. The van der Waals surface area contributed by atoms with E-state index >= 15 is 0 Å². The molecule has 6 rings (SSSR count). The molecule has 0 saturated heterocycles. The average Bonchev–Trinajstić information content (AvgIpc) is 3.33. The van der Waals surface area contributed by atoms with Crippen molar-refractivity contribution < 1.29 is 19.0 Å². The van der Waals surface area contributed by atoms with Crippen LogP contribution in [0.4, 0.5) is 0 Å². The summed E-state index contributed by atoms with van der Waals surface area (Å²) < 4.78 is 20.6. The summed E-state index contributed by atoms with van der Waals surface area (Å²) in [7, 11) is 0. The predicted octanol–water partition coefficient (Wildman–Crippen LogP) is 7.08. The van der Waals surface area contributed by atoms with Gasteiger partial charge in [-0.3, -0.25) is 9.36 Å². The lowest BCUT2D eigenvalue weighted by Crippen LogP contribution is -2.40. The van der Waals surface area contributed by atoms with Gasteiger partial charge in [-0.25, -0.2) is 9.79 Å². The minimum Gasteiger partial charge on any atom is -0.491 e. The number of allylic oxidation sites excluding steroid dienone is 1. The number of aromatic nitrogens is 1. The maximum atomic E-state index is 14.1. The molecular formula is C37H33BrN2O5S. The van der Waals surface area contributed by atoms with E-state index in [4.69, 9.17) is 19.2 Å². The molecule has 0 bridgehead atoms. The SMILES string of the molecule is CCOC(=O)C1=C(C)N=c2s/c(=C/c3ccc(OCc4cccc5ccccc45)c(Br)c3)c(=O)n2[C@H]1c1ccccc1OC(C)C. The number of para-hydroxylation sites is 1. The van der Waals surface area contributed by atoms with E-state index in [1.807, 2.05) is 80.6 Å². The van der Waals surface area contributed by atoms with Gasteiger partial charge in [0.2, 0.25) is 0 Å². The van der Waals surface area contributed by atoms with E-state index in [1.54, 1.807) is 18.4 Å². The number of ether oxygens (including phenoxy) is 3. The molecule has 0 unspecified atom stereocenters. The molecule has 1 aromatic heterocycles. The van der Waals surface area contributed by atoms with Gasteiger partial charge in [0.05, 0.1) is 33.0 Å². The monoisotopic (exact) mass is 696 g/mol. The Morgan fingerprint density at radius 2 is 1.78 bits per heavy atom. The molecule has 0 fully saturated rings. The van der Waals surface area contributed by atoms with Crippen LogP contribution in [0.25, 0.3) is 16.8 Å². The van der Waals surface area contributed by atoms with Crippen molar-refractivity contribution in [2.24, 2.45) is 4.99 Å². The number of halogens is 1. The first kappa shape index (κ1) is 31.5. The fourth-order valence-corrected chi connectivity index (χ4v) is 7.16. The minimum absolute atomic E-state index is 0.106. The predicted molar refractivity (Wildman–Crippen MR) is 185 cm³/mol. The van der Waals surface area contributed by atoms with Crippen LogP contribution >= 0.6 is 27.3 Å². The lowest BCUT2D eigenvalue weighted by Gasteiger charge is -2.26. The second kappa shape index (κ2) is 13.5. The number of rotatable bonds is 9. The highest BCUT2D eigenvalue weighted by Gasteiger charge is 2.35. The lowest BCUT2D eigenvalue weighted by atomic mass is 9.95. The Morgan fingerprint density at radius 1 is 1.02 bits per heavy atom. The number of thiazole rings is 1. The molecule has 5 aromatic rings. The van der Waals surface area contributed by atoms with E-state index < -0.39 is 12.0 Å². The minimum atomic E-state index is -0.760. The van der Waals surface area contributed by atoms with Gasteiger partial charge in [0.25, 0.3) is 5.56 Å². The Kier molecular flexibility index (Phi) is 9.24. The van der Waals surface area contributed by atoms with Crippen molar-refractivity contribution >= 4 is 50.1 Å². The molecule has 234 valence electrons. The van der Waals surface area contributed by atoms with E-state index in [9.17, 15) is 9.59 Å². The third kappa shape index (κ3) is 6.30. The van der Waals surface area contributed by atoms with Gasteiger partial charge in [0, 0.05) is 5.56 Å². The van der Waals surface area contributed by atoms with E-state index in [-0.39, 0.29) is 18.3 Å². The van der Waals surface area contributed by atoms with Crippen LogP contribution in [-0.2, 0) is 16.1 Å². The molecule has 0 amide bonds. The Labute approximate surface area is 279 Å². The topological polar surface area (TPSA) is 79.1 Å². The second-order valence-electron chi connectivity index (χ2n) is 11.1. The standard InChI is InChI=1S/C37H33BrN2O5S/c1-5-43-36(42)33-23(4)39-37-40(34(33)28-15-8-9-16-30(28)45-22(2)3)35(41)32(46-37)20-24-17-18-31(29(38)19-24)44-21-26-13-10-12-25-11-6-7-14-27(25)26/h6-20,22,34H,5,21H2,1-4H3/b32-20+/t34-/m0/s1. The second-order valence-corrected chi connectivity index (χ2v) is 13.0. The van der Waals surface area contributed by atoms with E-state index in [2.05, 4.69) is 40.2 Å². The molecule has 2 heterocycles. The van der Waals surface area contributed by atoms with Crippen LogP contribution in [0.2, 0.25) is 0 Å². The number of fused-ring (bicyclic) bond motifs is 2. The lowest BCUT2D eigenvalue weighted by molar-refractivity contribution is -0.139. The van der Waals surface area contributed by atoms with Crippen LogP contribution in [0, 0.1) is 0 Å². The van der Waals surface area contributed by atoms with E-state index in [1.165, 1.54) is 16.7 Å².